The van der Waals surface area contributed by atoms with Crippen LogP contribution < -0.4 is 0 Å². The first-order chi connectivity index (χ1) is 5.54. The maximum Gasteiger partial charge on any atom is 0.0527 e. The van der Waals surface area contributed by atoms with Crippen LogP contribution in [0.3, 0.4) is 0 Å². The van der Waals surface area contributed by atoms with Gasteiger partial charge < -0.3 is 0 Å². The zero-order valence-corrected chi connectivity index (χ0v) is 11.1. The molecule has 0 aromatic heterocycles. The van der Waals surface area contributed by atoms with Gasteiger partial charge in [0.05, 0.1) is 5.70 Å². The first kappa shape index (κ1) is 12.5. The zero-order valence-electron chi connectivity index (χ0n) is 8.10. The molecule has 0 rings (SSSR count). The molecule has 0 amide bonds. The van der Waals surface area contributed by atoms with Gasteiger partial charge in [-0.05, 0) is 18.6 Å². The van der Waals surface area contributed by atoms with Crippen LogP contribution in [0.1, 0.15) is 27.7 Å². The molecule has 0 radical (unpaired) electrons. The lowest BCUT2D eigenvalue weighted by atomic mass is 10.1. The summed E-state index contributed by atoms with van der Waals surface area (Å²) in [5.74, 6) is 1.02. The van der Waals surface area contributed by atoms with Crippen LogP contribution in [0.5, 0.6) is 0 Å². The molecule has 0 saturated heterocycles. The number of allylic oxidation sites excluding steroid dienone is 2. The normalized spacial score (nSPS) is 13.6. The molecule has 0 fully saturated rings. The second kappa shape index (κ2) is 6.02. The monoisotopic (exact) mass is 297 g/mol. The number of rotatable bonds is 4. The highest BCUT2D eigenvalue weighted by Crippen LogP contribution is 2.35. The third kappa shape index (κ3) is 3.47. The van der Waals surface area contributed by atoms with Crippen molar-refractivity contribution in [1.82, 2.24) is 0 Å². The van der Waals surface area contributed by atoms with Crippen LogP contribution in [0.25, 0.3) is 0 Å². The van der Waals surface area contributed by atoms with E-state index in [4.69, 9.17) is 0 Å². The van der Waals surface area contributed by atoms with Gasteiger partial charge in [0, 0.05) is 26.1 Å². The summed E-state index contributed by atoms with van der Waals surface area (Å²) in [5.41, 5.74) is 1.14. The summed E-state index contributed by atoms with van der Waals surface area (Å²) in [6.45, 7) is 12.3. The van der Waals surface area contributed by atoms with Crippen molar-refractivity contribution >= 4 is 36.9 Å². The highest BCUT2D eigenvalue weighted by atomic mass is 127. The summed E-state index contributed by atoms with van der Waals surface area (Å²) in [4.78, 5) is 5.43. The summed E-state index contributed by atoms with van der Waals surface area (Å²) in [6, 6.07) is 0. The van der Waals surface area contributed by atoms with E-state index in [2.05, 4.69) is 60.6 Å². The van der Waals surface area contributed by atoms with Crippen molar-refractivity contribution in [2.24, 2.45) is 16.8 Å². The summed E-state index contributed by atoms with van der Waals surface area (Å²) in [7, 11) is 1.75. The van der Waals surface area contributed by atoms with Crippen LogP contribution in [0.4, 0.5) is 0 Å². The maximum atomic E-state index is 4.08. The molecule has 12 heavy (non-hydrogen) atoms. The minimum Gasteiger partial charge on any atom is -0.268 e. The van der Waals surface area contributed by atoms with E-state index in [1.807, 2.05) is 0 Å². The molecular weight excluding hydrogens is 281 g/mol. The second-order valence-electron chi connectivity index (χ2n) is 3.29. The standard InChI is InChI=1S/C9H16INS/c1-6(2)8(11-5)9(12-10)7(3)4/h6-7H,5H2,1-4H3/b9-8-. The van der Waals surface area contributed by atoms with Crippen molar-refractivity contribution in [3.8, 4) is 0 Å². The third-order valence-corrected chi connectivity index (χ3v) is 3.85. The van der Waals surface area contributed by atoms with Gasteiger partial charge in [0.2, 0.25) is 0 Å². The first-order valence-corrected chi connectivity index (χ1v) is 7.39. The lowest BCUT2D eigenvalue weighted by molar-refractivity contribution is 0.715. The predicted molar refractivity (Wildman–Crippen MR) is 67.9 cm³/mol. The van der Waals surface area contributed by atoms with Crippen molar-refractivity contribution < 1.29 is 0 Å². The zero-order chi connectivity index (χ0) is 9.72. The van der Waals surface area contributed by atoms with Gasteiger partial charge in [0.1, 0.15) is 0 Å². The van der Waals surface area contributed by atoms with Gasteiger partial charge in [-0.25, -0.2) is 0 Å². The highest BCUT2D eigenvalue weighted by molar-refractivity contribution is 14.2. The van der Waals surface area contributed by atoms with Gasteiger partial charge in [-0.1, -0.05) is 36.6 Å². The van der Waals surface area contributed by atoms with Crippen LogP contribution in [0.2, 0.25) is 0 Å². The van der Waals surface area contributed by atoms with Crippen LogP contribution in [0.15, 0.2) is 15.6 Å². The predicted octanol–water partition coefficient (Wildman–Crippen LogP) is 4.29. The molecule has 0 heterocycles. The van der Waals surface area contributed by atoms with Gasteiger partial charge in [0.15, 0.2) is 0 Å². The molecule has 0 N–H and O–H groups in total. The molecule has 0 aliphatic heterocycles. The average Bonchev–Trinajstić information content (AvgIpc) is 1.98. The van der Waals surface area contributed by atoms with Crippen molar-refractivity contribution in [3.63, 3.8) is 0 Å². The van der Waals surface area contributed by atoms with E-state index < -0.39 is 0 Å². The Morgan fingerprint density at radius 3 is 1.83 bits per heavy atom. The molecule has 0 aromatic carbocycles. The Balaban J connectivity index is 4.87. The van der Waals surface area contributed by atoms with E-state index >= 15 is 0 Å². The van der Waals surface area contributed by atoms with E-state index in [0.29, 0.717) is 11.8 Å². The van der Waals surface area contributed by atoms with E-state index in [1.165, 1.54) is 4.91 Å². The van der Waals surface area contributed by atoms with E-state index in [9.17, 15) is 0 Å². The molecule has 0 aliphatic rings. The average molecular weight is 297 g/mol. The largest absolute Gasteiger partial charge is 0.268 e. The Morgan fingerprint density at radius 2 is 1.75 bits per heavy atom. The Labute approximate surface area is 91.7 Å². The third-order valence-electron chi connectivity index (χ3n) is 1.58. The Hall–Kier alpha value is 0.490. The van der Waals surface area contributed by atoms with Gasteiger partial charge >= 0.3 is 0 Å². The maximum absolute atomic E-state index is 4.08. The summed E-state index contributed by atoms with van der Waals surface area (Å²) in [5, 5.41) is 0. The lowest BCUT2D eigenvalue weighted by Crippen LogP contribution is -1.99. The van der Waals surface area contributed by atoms with Crippen molar-refractivity contribution in [3.05, 3.63) is 10.6 Å². The molecule has 0 aromatic rings. The number of halogens is 1. The quantitative estimate of drug-likeness (QED) is 0.557. The molecule has 1 nitrogen and oxygen atoms in total. The second-order valence-corrected chi connectivity index (χ2v) is 5.21. The van der Waals surface area contributed by atoms with E-state index in [-0.39, 0.29) is 0 Å². The summed E-state index contributed by atoms with van der Waals surface area (Å²) in [6.07, 6.45) is 0. The van der Waals surface area contributed by atoms with Crippen molar-refractivity contribution in [1.29, 1.82) is 0 Å². The summed E-state index contributed by atoms with van der Waals surface area (Å²) < 4.78 is 0. The SMILES string of the molecule is C=N/C(=C(\SI)C(C)C)C(C)C. The molecule has 70 valence electrons. The molecular formula is C9H16INS. The van der Waals surface area contributed by atoms with Gasteiger partial charge in [-0.3, -0.25) is 4.99 Å². The molecule has 0 aliphatic carbocycles. The lowest BCUT2D eigenvalue weighted by Gasteiger charge is -2.14. The Bertz CT molecular complexity index is 185. The summed E-state index contributed by atoms with van der Waals surface area (Å²) >= 11 is 2.31. The van der Waals surface area contributed by atoms with Crippen LogP contribution in [-0.4, -0.2) is 6.72 Å². The van der Waals surface area contributed by atoms with E-state index in [1.54, 1.807) is 8.93 Å². The number of nitrogens with zero attached hydrogens (tertiary/aromatic N) is 1. The Morgan fingerprint density at radius 1 is 1.25 bits per heavy atom. The minimum atomic E-state index is 0.474. The Kier molecular flexibility index (Phi) is 6.27. The number of aliphatic imine (C=N–C) groups is 1. The van der Waals surface area contributed by atoms with Gasteiger partial charge in [-0.15, -0.1) is 0 Å². The number of hydrogen-bond donors (Lipinski definition) is 0. The van der Waals surface area contributed by atoms with Gasteiger partial charge in [-0.2, -0.15) is 0 Å². The molecule has 0 atom stereocenters. The fraction of sp³-hybridized carbons (Fsp3) is 0.667. The first-order valence-electron chi connectivity index (χ1n) is 4.04. The van der Waals surface area contributed by atoms with Crippen LogP contribution in [0, 0.1) is 11.8 Å². The smallest absolute Gasteiger partial charge is 0.0527 e. The molecule has 0 unspecified atom stereocenters. The molecule has 3 heteroatoms. The topological polar surface area (TPSA) is 12.4 Å². The van der Waals surface area contributed by atoms with Crippen molar-refractivity contribution in [2.75, 3.05) is 0 Å². The van der Waals surface area contributed by atoms with Crippen molar-refractivity contribution in [2.45, 2.75) is 27.7 Å². The minimum absolute atomic E-state index is 0.474. The fourth-order valence-electron chi connectivity index (χ4n) is 0.969. The molecule has 0 spiro atoms. The fourth-order valence-corrected chi connectivity index (χ4v) is 3.73. The van der Waals surface area contributed by atoms with E-state index in [0.717, 1.165) is 5.70 Å². The highest BCUT2D eigenvalue weighted by Gasteiger charge is 2.12. The molecule has 0 saturated carbocycles. The molecule has 0 bridgehead atoms. The number of hydrogen-bond acceptors (Lipinski definition) is 2. The van der Waals surface area contributed by atoms with Crippen LogP contribution >= 0.6 is 30.1 Å². The van der Waals surface area contributed by atoms with Gasteiger partial charge in [0.25, 0.3) is 0 Å². The van der Waals surface area contributed by atoms with Crippen LogP contribution in [-0.2, 0) is 0 Å².